The van der Waals surface area contributed by atoms with Gasteiger partial charge in [-0.15, -0.1) is 0 Å². The first-order chi connectivity index (χ1) is 18.0. The number of carbonyl (C=O) groups is 3. The SMILES string of the molecule is CC1=C\[C@@H](O)C[C@@H](F)Cc2cnc([nH]2)C(=O)N2CCC[C@@H]2C(=O)O[C@H](C(C)C)[C@H](C)/C=C/C(=O)NC\C=C\1. The predicted molar refractivity (Wildman–Crippen MR) is 141 cm³/mol. The third kappa shape index (κ3) is 8.11. The number of carbonyl (C=O) groups excluding carboxylic acids is 3. The molecule has 1 aromatic rings. The zero-order valence-corrected chi connectivity index (χ0v) is 22.5. The van der Waals surface area contributed by atoms with Gasteiger partial charge in [0.25, 0.3) is 5.91 Å². The van der Waals surface area contributed by atoms with Gasteiger partial charge in [0.2, 0.25) is 5.91 Å². The Kier molecular flexibility index (Phi) is 10.4. The van der Waals surface area contributed by atoms with Crippen molar-refractivity contribution in [3.8, 4) is 0 Å². The van der Waals surface area contributed by atoms with Gasteiger partial charge in [-0.2, -0.15) is 0 Å². The lowest BCUT2D eigenvalue weighted by molar-refractivity contribution is -0.158. The Balaban J connectivity index is 1.85. The highest BCUT2D eigenvalue weighted by Gasteiger charge is 2.38. The van der Waals surface area contributed by atoms with Gasteiger partial charge in [-0.05, 0) is 31.8 Å². The highest BCUT2D eigenvalue weighted by Crippen LogP contribution is 2.25. The number of nitrogens with one attached hydrogen (secondary N) is 2. The van der Waals surface area contributed by atoms with Crippen LogP contribution in [0.15, 0.2) is 42.2 Å². The quantitative estimate of drug-likeness (QED) is 0.480. The molecule has 2 bridgehead atoms. The molecule has 2 amide bonds. The number of aliphatic hydroxyl groups excluding tert-OH is 1. The molecule has 3 N–H and O–H groups in total. The van der Waals surface area contributed by atoms with Crippen LogP contribution in [0.2, 0.25) is 0 Å². The number of allylic oxidation sites excluding steroid dienone is 2. The van der Waals surface area contributed by atoms with E-state index in [1.807, 2.05) is 20.8 Å². The summed E-state index contributed by atoms with van der Waals surface area (Å²) in [5, 5.41) is 13.0. The molecule has 1 saturated heterocycles. The Morgan fingerprint density at radius 3 is 2.74 bits per heavy atom. The number of aliphatic hydroxyl groups is 1. The van der Waals surface area contributed by atoms with E-state index >= 15 is 0 Å². The number of imidazole rings is 1. The molecule has 3 rings (SSSR count). The number of aromatic amines is 1. The monoisotopic (exact) mass is 530 g/mol. The van der Waals surface area contributed by atoms with E-state index in [9.17, 15) is 23.9 Å². The molecule has 0 radical (unpaired) electrons. The second kappa shape index (κ2) is 13.5. The van der Waals surface area contributed by atoms with Crippen molar-refractivity contribution in [2.45, 2.75) is 77.8 Å². The van der Waals surface area contributed by atoms with Crippen LogP contribution >= 0.6 is 0 Å². The van der Waals surface area contributed by atoms with Crippen molar-refractivity contribution in [1.82, 2.24) is 20.2 Å². The number of halogens is 1. The van der Waals surface area contributed by atoms with Crippen LogP contribution in [0.1, 0.15) is 63.3 Å². The summed E-state index contributed by atoms with van der Waals surface area (Å²) in [5.74, 6) is -1.44. The largest absolute Gasteiger partial charge is 0.460 e. The van der Waals surface area contributed by atoms with Gasteiger partial charge in [-0.1, -0.05) is 50.6 Å². The van der Waals surface area contributed by atoms with Crippen LogP contribution in [0.5, 0.6) is 0 Å². The minimum atomic E-state index is -1.36. The molecule has 10 heteroatoms. The van der Waals surface area contributed by atoms with Gasteiger partial charge in [-0.3, -0.25) is 9.59 Å². The van der Waals surface area contributed by atoms with Crippen LogP contribution in [0, 0.1) is 11.8 Å². The molecule has 0 aliphatic carbocycles. The number of amides is 2. The number of esters is 1. The van der Waals surface area contributed by atoms with Gasteiger partial charge >= 0.3 is 5.97 Å². The smallest absolute Gasteiger partial charge is 0.329 e. The first kappa shape index (κ1) is 29.3. The number of aromatic nitrogens is 2. The molecule has 9 nitrogen and oxygen atoms in total. The molecular weight excluding hydrogens is 491 g/mol. The summed E-state index contributed by atoms with van der Waals surface area (Å²) in [6, 6.07) is -0.746. The molecular formula is C28H39FN4O5. The van der Waals surface area contributed by atoms with Crippen LogP contribution in [-0.2, 0) is 20.7 Å². The van der Waals surface area contributed by atoms with Crippen molar-refractivity contribution < 1.29 is 28.6 Å². The summed E-state index contributed by atoms with van der Waals surface area (Å²) < 4.78 is 20.5. The lowest BCUT2D eigenvalue weighted by atomic mass is 9.94. The number of rotatable bonds is 1. The van der Waals surface area contributed by atoms with Gasteiger partial charge in [0, 0.05) is 43.7 Å². The summed E-state index contributed by atoms with van der Waals surface area (Å²) in [6.07, 6.45) is 7.70. The number of hydrogen-bond acceptors (Lipinski definition) is 6. The zero-order chi connectivity index (χ0) is 27.8. The molecule has 0 aromatic carbocycles. The van der Waals surface area contributed by atoms with Crippen molar-refractivity contribution in [2.24, 2.45) is 11.8 Å². The van der Waals surface area contributed by atoms with Crippen molar-refractivity contribution in [3.05, 3.63) is 53.7 Å². The molecule has 0 spiro atoms. The highest BCUT2D eigenvalue weighted by atomic mass is 19.1. The Morgan fingerprint density at radius 1 is 1.24 bits per heavy atom. The number of H-pyrrole nitrogens is 1. The molecule has 0 saturated carbocycles. The summed E-state index contributed by atoms with van der Waals surface area (Å²) in [5.41, 5.74) is 1.17. The van der Waals surface area contributed by atoms with Crippen molar-refractivity contribution in [1.29, 1.82) is 0 Å². The molecule has 2 aliphatic rings. The third-order valence-electron chi connectivity index (χ3n) is 6.76. The lowest BCUT2D eigenvalue weighted by Gasteiger charge is -2.29. The van der Waals surface area contributed by atoms with E-state index in [0.717, 1.165) is 5.57 Å². The minimum absolute atomic E-state index is 0.0176. The van der Waals surface area contributed by atoms with Gasteiger partial charge in [0.05, 0.1) is 6.10 Å². The maximum atomic E-state index is 14.7. The van der Waals surface area contributed by atoms with Crippen LogP contribution in [0.3, 0.4) is 0 Å². The fraction of sp³-hybridized carbons (Fsp3) is 0.571. The van der Waals surface area contributed by atoms with Gasteiger partial charge in [0.1, 0.15) is 18.3 Å². The van der Waals surface area contributed by atoms with E-state index in [2.05, 4.69) is 15.3 Å². The van der Waals surface area contributed by atoms with Gasteiger partial charge in [-0.25, -0.2) is 14.2 Å². The Morgan fingerprint density at radius 2 is 2.00 bits per heavy atom. The molecule has 38 heavy (non-hydrogen) atoms. The minimum Gasteiger partial charge on any atom is -0.460 e. The standard InChI is InChI=1S/C28H39FN4O5/c1-17(2)25-19(4)9-10-24(35)30-11-5-7-18(3)13-22(34)15-20(29)14-21-16-31-26(32-21)27(36)33-12-6-8-23(33)28(37)38-25/h5,7,9-10,13,16-17,19-20,22-23,25,34H,6,8,11-12,14-15H2,1-4H3,(H,30,35)(H,31,32)/b7-5+,10-9+,18-13+/t19-,20+,22-,23-,25-/m1/s1. The highest BCUT2D eigenvalue weighted by molar-refractivity contribution is 5.94. The maximum Gasteiger partial charge on any atom is 0.329 e. The molecule has 2 aliphatic heterocycles. The van der Waals surface area contributed by atoms with Crippen LogP contribution in [0.25, 0.3) is 0 Å². The average Bonchev–Trinajstić information content (AvgIpc) is 3.52. The molecule has 3 heterocycles. The van der Waals surface area contributed by atoms with E-state index in [1.165, 1.54) is 17.2 Å². The Labute approximate surface area is 223 Å². The second-order valence-corrected chi connectivity index (χ2v) is 10.4. The Bertz CT molecular complexity index is 1080. The molecule has 1 fully saturated rings. The fourth-order valence-corrected chi connectivity index (χ4v) is 4.85. The lowest BCUT2D eigenvalue weighted by Crippen LogP contribution is -2.44. The van der Waals surface area contributed by atoms with Crippen molar-refractivity contribution >= 4 is 17.8 Å². The van der Waals surface area contributed by atoms with Crippen molar-refractivity contribution in [2.75, 3.05) is 13.1 Å². The van der Waals surface area contributed by atoms with E-state index in [-0.39, 0.29) is 43.0 Å². The van der Waals surface area contributed by atoms with E-state index < -0.39 is 36.3 Å². The molecule has 0 unspecified atom stereocenters. The molecule has 1 aromatic heterocycles. The number of alkyl halides is 1. The molecule has 5 atom stereocenters. The molecule has 208 valence electrons. The van der Waals surface area contributed by atoms with Gasteiger partial charge < -0.3 is 25.0 Å². The zero-order valence-electron chi connectivity index (χ0n) is 22.5. The van der Waals surface area contributed by atoms with E-state index in [4.69, 9.17) is 4.74 Å². The van der Waals surface area contributed by atoms with Crippen molar-refractivity contribution in [3.63, 3.8) is 0 Å². The van der Waals surface area contributed by atoms with Crippen LogP contribution in [-0.4, -0.2) is 75.3 Å². The fourth-order valence-electron chi connectivity index (χ4n) is 4.85. The normalized spacial score (nSPS) is 31.7. The average molecular weight is 531 g/mol. The summed E-state index contributed by atoms with van der Waals surface area (Å²) in [4.78, 5) is 47.1. The second-order valence-electron chi connectivity index (χ2n) is 10.4. The van der Waals surface area contributed by atoms with E-state index in [1.54, 1.807) is 31.2 Å². The third-order valence-corrected chi connectivity index (χ3v) is 6.76. The van der Waals surface area contributed by atoms with E-state index in [0.29, 0.717) is 25.1 Å². The number of hydrogen-bond donors (Lipinski definition) is 3. The summed E-state index contributed by atoms with van der Waals surface area (Å²) >= 11 is 0. The Hall–Kier alpha value is -3.27. The summed E-state index contributed by atoms with van der Waals surface area (Å²) in [6.45, 7) is 8.20. The summed E-state index contributed by atoms with van der Waals surface area (Å²) in [7, 11) is 0. The predicted octanol–water partition coefficient (Wildman–Crippen LogP) is 3.04. The van der Waals surface area contributed by atoms with Crippen LogP contribution < -0.4 is 5.32 Å². The first-order valence-corrected chi connectivity index (χ1v) is 13.2. The van der Waals surface area contributed by atoms with Crippen LogP contribution in [0.4, 0.5) is 4.39 Å². The number of fused-ring (bicyclic) bond motifs is 3. The van der Waals surface area contributed by atoms with Gasteiger partial charge in [0.15, 0.2) is 5.82 Å². The number of ether oxygens (including phenoxy) is 1. The maximum absolute atomic E-state index is 14.7. The number of cyclic esters (lactones) is 1. The topological polar surface area (TPSA) is 125 Å². The first-order valence-electron chi connectivity index (χ1n) is 13.2. The number of nitrogens with zero attached hydrogens (tertiary/aromatic N) is 2.